The molecule has 72 valence electrons. The average Bonchev–Trinajstić information content (AvgIpc) is 2.08. The molecule has 1 aromatic rings. The van der Waals surface area contributed by atoms with Crippen LogP contribution in [0.2, 0.25) is 0 Å². The van der Waals surface area contributed by atoms with E-state index in [0.717, 1.165) is 12.8 Å². The molecule has 0 aliphatic heterocycles. The van der Waals surface area contributed by atoms with Crippen LogP contribution in [0.1, 0.15) is 19.8 Å². The highest BCUT2D eigenvalue weighted by Gasteiger charge is 1.96. The molecule has 0 aromatic carbocycles. The van der Waals surface area contributed by atoms with Crippen LogP contribution in [0.5, 0.6) is 0 Å². The van der Waals surface area contributed by atoms with E-state index >= 15 is 0 Å². The highest BCUT2D eigenvalue weighted by Crippen LogP contribution is 1.95. The van der Waals surface area contributed by atoms with Gasteiger partial charge in [-0.3, -0.25) is 4.57 Å². The summed E-state index contributed by atoms with van der Waals surface area (Å²) in [6, 6.07) is 1.96. The van der Waals surface area contributed by atoms with Crippen molar-refractivity contribution >= 4 is 0 Å². The highest BCUT2D eigenvalue weighted by atomic mass is 16.1. The van der Waals surface area contributed by atoms with E-state index in [1.165, 1.54) is 6.20 Å². The molecule has 13 heavy (non-hydrogen) atoms. The number of hydrogen-bond donors (Lipinski definition) is 1. The van der Waals surface area contributed by atoms with Gasteiger partial charge < -0.3 is 5.73 Å². The van der Waals surface area contributed by atoms with E-state index in [9.17, 15) is 4.79 Å². The Hall–Kier alpha value is -1.16. The highest BCUT2D eigenvalue weighted by molar-refractivity contribution is 4.80. The summed E-state index contributed by atoms with van der Waals surface area (Å²) in [6.45, 7) is 2.67. The van der Waals surface area contributed by atoms with Crippen LogP contribution in [0.3, 0.4) is 0 Å². The topological polar surface area (TPSA) is 60.9 Å². The molecule has 1 aromatic heterocycles. The minimum Gasteiger partial charge on any atom is -0.328 e. The van der Waals surface area contributed by atoms with Gasteiger partial charge >= 0.3 is 5.69 Å². The van der Waals surface area contributed by atoms with Crippen LogP contribution in [-0.4, -0.2) is 15.6 Å². The van der Waals surface area contributed by atoms with Gasteiger partial charge in [-0.25, -0.2) is 9.78 Å². The molecule has 0 aliphatic rings. The molecule has 0 fully saturated rings. The first-order valence-electron chi connectivity index (χ1n) is 4.47. The van der Waals surface area contributed by atoms with Crippen molar-refractivity contribution in [2.24, 2.45) is 5.73 Å². The van der Waals surface area contributed by atoms with Gasteiger partial charge in [0.2, 0.25) is 0 Å². The van der Waals surface area contributed by atoms with Gasteiger partial charge in [0.15, 0.2) is 0 Å². The monoisotopic (exact) mass is 181 g/mol. The van der Waals surface area contributed by atoms with Crippen LogP contribution in [0.15, 0.2) is 23.3 Å². The quantitative estimate of drug-likeness (QED) is 0.730. The molecule has 0 spiro atoms. The van der Waals surface area contributed by atoms with Gasteiger partial charge in [-0.15, -0.1) is 0 Å². The van der Waals surface area contributed by atoms with Crippen molar-refractivity contribution < 1.29 is 0 Å². The Morgan fingerprint density at radius 2 is 2.46 bits per heavy atom. The molecular weight excluding hydrogens is 166 g/mol. The summed E-state index contributed by atoms with van der Waals surface area (Å²) in [5, 5.41) is 0. The zero-order valence-electron chi connectivity index (χ0n) is 7.81. The number of hydrogen-bond acceptors (Lipinski definition) is 3. The van der Waals surface area contributed by atoms with Gasteiger partial charge in [-0.2, -0.15) is 0 Å². The van der Waals surface area contributed by atoms with Crippen LogP contribution < -0.4 is 11.4 Å². The maximum atomic E-state index is 11.1. The fourth-order valence-corrected chi connectivity index (χ4v) is 1.14. The largest absolute Gasteiger partial charge is 0.347 e. The molecule has 1 heterocycles. The Morgan fingerprint density at radius 1 is 1.69 bits per heavy atom. The van der Waals surface area contributed by atoms with Gasteiger partial charge in [0.1, 0.15) is 0 Å². The number of nitrogens with zero attached hydrogens (tertiary/aromatic N) is 2. The lowest BCUT2D eigenvalue weighted by Gasteiger charge is -2.05. The van der Waals surface area contributed by atoms with Crippen LogP contribution in [0.25, 0.3) is 0 Å². The second-order valence-corrected chi connectivity index (χ2v) is 3.22. The minimum atomic E-state index is -0.188. The average molecular weight is 181 g/mol. The molecule has 0 saturated heterocycles. The van der Waals surface area contributed by atoms with Gasteiger partial charge in [0.25, 0.3) is 0 Å². The maximum absolute atomic E-state index is 11.1. The van der Waals surface area contributed by atoms with E-state index < -0.39 is 0 Å². The van der Waals surface area contributed by atoms with Crippen molar-refractivity contribution in [1.82, 2.24) is 9.55 Å². The van der Waals surface area contributed by atoms with Gasteiger partial charge in [-0.05, 0) is 25.8 Å². The number of nitrogens with two attached hydrogens (primary N) is 1. The van der Waals surface area contributed by atoms with Crippen molar-refractivity contribution in [3.63, 3.8) is 0 Å². The predicted molar refractivity (Wildman–Crippen MR) is 51.4 cm³/mol. The lowest BCUT2D eigenvalue weighted by molar-refractivity contribution is 0.542. The van der Waals surface area contributed by atoms with E-state index in [-0.39, 0.29) is 11.7 Å². The summed E-state index contributed by atoms with van der Waals surface area (Å²) >= 11 is 0. The van der Waals surface area contributed by atoms with Crippen LogP contribution >= 0.6 is 0 Å². The van der Waals surface area contributed by atoms with Crippen LogP contribution in [0, 0.1) is 0 Å². The van der Waals surface area contributed by atoms with Gasteiger partial charge in [0, 0.05) is 25.0 Å². The SMILES string of the molecule is CC(N)CCCn1cccnc1=O. The zero-order valence-corrected chi connectivity index (χ0v) is 7.81. The molecule has 1 unspecified atom stereocenters. The summed E-state index contributed by atoms with van der Waals surface area (Å²) in [6.07, 6.45) is 5.10. The zero-order chi connectivity index (χ0) is 9.68. The van der Waals surface area contributed by atoms with Crippen molar-refractivity contribution in [3.8, 4) is 0 Å². The molecule has 2 N–H and O–H groups in total. The number of aryl methyl sites for hydroxylation is 1. The summed E-state index contributed by atoms with van der Waals surface area (Å²) in [4.78, 5) is 14.8. The van der Waals surface area contributed by atoms with Crippen molar-refractivity contribution in [1.29, 1.82) is 0 Å². The number of aromatic nitrogens is 2. The Kier molecular flexibility index (Phi) is 3.64. The Labute approximate surface area is 77.4 Å². The molecule has 0 amide bonds. The predicted octanol–water partition coefficient (Wildman–Crippen LogP) is 0.371. The molecule has 4 nitrogen and oxygen atoms in total. The van der Waals surface area contributed by atoms with E-state index in [0.29, 0.717) is 6.54 Å². The van der Waals surface area contributed by atoms with Gasteiger partial charge in [0.05, 0.1) is 0 Å². The molecule has 0 saturated carbocycles. The third kappa shape index (κ3) is 3.38. The first-order valence-corrected chi connectivity index (χ1v) is 4.47. The van der Waals surface area contributed by atoms with Crippen molar-refractivity contribution in [3.05, 3.63) is 28.9 Å². The summed E-state index contributed by atoms with van der Waals surface area (Å²) < 4.78 is 1.60. The third-order valence-electron chi connectivity index (χ3n) is 1.84. The van der Waals surface area contributed by atoms with Crippen molar-refractivity contribution in [2.45, 2.75) is 32.4 Å². The van der Waals surface area contributed by atoms with Crippen LogP contribution in [0.4, 0.5) is 0 Å². The van der Waals surface area contributed by atoms with E-state index in [4.69, 9.17) is 5.73 Å². The Balaban J connectivity index is 2.46. The third-order valence-corrected chi connectivity index (χ3v) is 1.84. The lowest BCUT2D eigenvalue weighted by Crippen LogP contribution is -2.23. The van der Waals surface area contributed by atoms with Crippen molar-refractivity contribution in [2.75, 3.05) is 0 Å². The Morgan fingerprint density at radius 3 is 3.08 bits per heavy atom. The van der Waals surface area contributed by atoms with E-state index in [1.54, 1.807) is 16.8 Å². The van der Waals surface area contributed by atoms with E-state index in [2.05, 4.69) is 4.98 Å². The molecule has 1 atom stereocenters. The molecule has 4 heteroatoms. The molecule has 0 aliphatic carbocycles. The smallest absolute Gasteiger partial charge is 0.328 e. The molecular formula is C9H15N3O. The second kappa shape index (κ2) is 4.77. The van der Waals surface area contributed by atoms with E-state index in [1.807, 2.05) is 6.92 Å². The fraction of sp³-hybridized carbons (Fsp3) is 0.556. The Bertz CT molecular complexity index is 306. The molecule has 0 radical (unpaired) electrons. The first kappa shape index (κ1) is 9.92. The number of rotatable bonds is 4. The maximum Gasteiger partial charge on any atom is 0.347 e. The van der Waals surface area contributed by atoms with Crippen LogP contribution in [-0.2, 0) is 6.54 Å². The second-order valence-electron chi connectivity index (χ2n) is 3.22. The van der Waals surface area contributed by atoms with Gasteiger partial charge in [-0.1, -0.05) is 0 Å². The fourth-order valence-electron chi connectivity index (χ4n) is 1.14. The summed E-state index contributed by atoms with van der Waals surface area (Å²) in [5.74, 6) is 0. The summed E-state index contributed by atoms with van der Waals surface area (Å²) in [5.41, 5.74) is 5.40. The minimum absolute atomic E-state index is 0.188. The summed E-state index contributed by atoms with van der Waals surface area (Å²) in [7, 11) is 0. The molecule has 0 bridgehead atoms. The standard InChI is InChI=1S/C9H15N3O/c1-8(10)4-2-6-12-7-3-5-11-9(12)13/h3,5,7-8H,2,4,6,10H2,1H3. The first-order chi connectivity index (χ1) is 6.20. The normalized spacial score (nSPS) is 12.8. The lowest BCUT2D eigenvalue weighted by atomic mass is 10.2. The molecule has 1 rings (SSSR count).